The van der Waals surface area contributed by atoms with Crippen LogP contribution in [0.15, 0.2) is 53.0 Å². The molecule has 0 bridgehead atoms. The first-order valence-corrected chi connectivity index (χ1v) is 9.84. The summed E-state index contributed by atoms with van der Waals surface area (Å²) in [6.45, 7) is 0. The minimum absolute atomic E-state index is 0.160. The van der Waals surface area contributed by atoms with Crippen molar-refractivity contribution in [1.29, 1.82) is 0 Å². The predicted octanol–water partition coefficient (Wildman–Crippen LogP) is 5.52. The third-order valence-electron chi connectivity index (χ3n) is 3.12. The molecule has 0 spiro atoms. The van der Waals surface area contributed by atoms with E-state index in [1.807, 2.05) is 24.3 Å². The zero-order valence-corrected chi connectivity index (χ0v) is 18.3. The van der Waals surface area contributed by atoms with E-state index in [1.165, 1.54) is 0 Å². The molecule has 0 aliphatic carbocycles. The molecule has 10 heteroatoms. The number of carbonyl (C=O) groups excluding carboxylic acids is 1. The first-order chi connectivity index (χ1) is 12.2. The van der Waals surface area contributed by atoms with Crippen molar-refractivity contribution in [3.63, 3.8) is 0 Å². The molecule has 0 aromatic heterocycles. The fraction of sp³-hybridized carbons (Fsp3) is 0.125. The highest BCUT2D eigenvalue weighted by molar-refractivity contribution is 9.10. The van der Waals surface area contributed by atoms with Crippen LogP contribution in [-0.4, -0.2) is 21.0 Å². The highest BCUT2D eigenvalue weighted by Crippen LogP contribution is 2.30. The largest absolute Gasteiger partial charge is 0.339 e. The lowest BCUT2D eigenvalue weighted by Crippen LogP contribution is -2.56. The maximum atomic E-state index is 12.4. The Hall–Kier alpha value is -0.760. The van der Waals surface area contributed by atoms with Crippen LogP contribution in [0.1, 0.15) is 10.4 Å². The van der Waals surface area contributed by atoms with E-state index >= 15 is 0 Å². The third-order valence-corrected chi connectivity index (χ3v) is 5.01. The van der Waals surface area contributed by atoms with Gasteiger partial charge >= 0.3 is 0 Å². The summed E-state index contributed by atoms with van der Waals surface area (Å²) < 4.78 is -1.06. The number of thiocarbonyl (C=S) groups is 1. The van der Waals surface area contributed by atoms with Crippen molar-refractivity contribution in [2.45, 2.75) is 9.96 Å². The van der Waals surface area contributed by atoms with Crippen molar-refractivity contribution >= 4 is 91.3 Å². The van der Waals surface area contributed by atoms with E-state index in [4.69, 9.17) is 58.6 Å². The summed E-state index contributed by atoms with van der Waals surface area (Å²) in [5.41, 5.74) is 0.963. The van der Waals surface area contributed by atoms with Gasteiger partial charge < -0.3 is 16.0 Å². The van der Waals surface area contributed by atoms with Gasteiger partial charge in [-0.25, -0.2) is 0 Å². The fourth-order valence-corrected chi connectivity index (χ4v) is 3.07. The number of halogens is 5. The molecule has 2 aromatic rings. The van der Waals surface area contributed by atoms with E-state index in [-0.39, 0.29) is 15.7 Å². The third kappa shape index (κ3) is 6.15. The minimum Gasteiger partial charge on any atom is -0.339 e. The lowest BCUT2D eigenvalue weighted by atomic mass is 10.2. The molecule has 2 rings (SSSR count). The Morgan fingerprint density at radius 2 is 1.65 bits per heavy atom. The summed E-state index contributed by atoms with van der Waals surface area (Å²) >= 11 is 32.6. The van der Waals surface area contributed by atoms with E-state index in [1.54, 1.807) is 24.3 Å². The molecule has 0 heterocycles. The SMILES string of the molecule is O=C(N[C@H](NC(=S)Nc1ccccc1Br)C(Cl)(Cl)Cl)c1ccccc1Cl. The summed E-state index contributed by atoms with van der Waals surface area (Å²) in [5.74, 6) is -0.511. The highest BCUT2D eigenvalue weighted by Gasteiger charge is 2.35. The first-order valence-electron chi connectivity index (χ1n) is 7.12. The standard InChI is InChI=1S/C16H12BrCl4N3OS/c17-10-6-2-4-8-12(10)22-15(26)24-14(16(19,20)21)23-13(25)9-5-1-3-7-11(9)18/h1-8,14H,(H,23,25)(H2,22,24,26)/t14-/m1/s1. The van der Waals surface area contributed by atoms with Gasteiger partial charge in [0.1, 0.15) is 6.17 Å². The van der Waals surface area contributed by atoms with Gasteiger partial charge in [-0.3, -0.25) is 4.79 Å². The Labute approximate surface area is 184 Å². The molecule has 0 fully saturated rings. The second kappa shape index (κ2) is 9.44. The number of nitrogens with one attached hydrogen (secondary N) is 3. The van der Waals surface area contributed by atoms with Crippen LogP contribution < -0.4 is 16.0 Å². The van der Waals surface area contributed by atoms with Gasteiger partial charge in [0.05, 0.1) is 16.3 Å². The van der Waals surface area contributed by atoms with Crippen molar-refractivity contribution in [1.82, 2.24) is 10.6 Å². The van der Waals surface area contributed by atoms with Crippen LogP contribution in [0.3, 0.4) is 0 Å². The minimum atomic E-state index is -1.86. The summed E-state index contributed by atoms with van der Waals surface area (Å²) in [4.78, 5) is 12.4. The van der Waals surface area contributed by atoms with Crippen LogP contribution in [0.2, 0.25) is 5.02 Å². The predicted molar refractivity (Wildman–Crippen MR) is 116 cm³/mol. The number of amides is 1. The fourth-order valence-electron chi connectivity index (χ4n) is 1.91. The smallest absolute Gasteiger partial charge is 0.254 e. The molecule has 4 nitrogen and oxygen atoms in total. The van der Waals surface area contributed by atoms with Crippen LogP contribution in [0, 0.1) is 0 Å². The van der Waals surface area contributed by atoms with E-state index in [0.29, 0.717) is 5.69 Å². The van der Waals surface area contributed by atoms with Gasteiger partial charge in [0.2, 0.25) is 3.79 Å². The second-order valence-electron chi connectivity index (χ2n) is 5.01. The number of benzene rings is 2. The summed E-state index contributed by atoms with van der Waals surface area (Å²) in [6.07, 6.45) is -1.10. The van der Waals surface area contributed by atoms with Gasteiger partial charge in [-0.2, -0.15) is 0 Å². The quantitative estimate of drug-likeness (QED) is 0.285. The highest BCUT2D eigenvalue weighted by atomic mass is 79.9. The van der Waals surface area contributed by atoms with Gasteiger partial charge in [-0.1, -0.05) is 70.7 Å². The average molecular weight is 516 g/mol. The Morgan fingerprint density at radius 3 is 2.27 bits per heavy atom. The van der Waals surface area contributed by atoms with E-state index < -0.39 is 15.9 Å². The van der Waals surface area contributed by atoms with Crippen LogP contribution in [0.25, 0.3) is 0 Å². The zero-order chi connectivity index (χ0) is 19.3. The molecule has 1 atom stereocenters. The molecule has 0 saturated heterocycles. The van der Waals surface area contributed by atoms with Crippen LogP contribution >= 0.6 is 74.6 Å². The summed E-state index contributed by atoms with van der Waals surface area (Å²) in [6, 6.07) is 13.9. The monoisotopic (exact) mass is 513 g/mol. The molecule has 138 valence electrons. The molecular formula is C16H12BrCl4N3OS. The van der Waals surface area contributed by atoms with E-state index in [2.05, 4.69) is 31.9 Å². The number of carbonyl (C=O) groups is 1. The normalized spacial score (nSPS) is 12.2. The molecule has 2 aromatic carbocycles. The molecule has 0 unspecified atom stereocenters. The van der Waals surface area contributed by atoms with Crippen molar-refractivity contribution < 1.29 is 4.79 Å². The van der Waals surface area contributed by atoms with Crippen molar-refractivity contribution in [2.75, 3.05) is 5.32 Å². The van der Waals surface area contributed by atoms with Gasteiger partial charge in [-0.15, -0.1) is 0 Å². The number of hydrogen-bond donors (Lipinski definition) is 3. The van der Waals surface area contributed by atoms with Gasteiger partial charge in [0, 0.05) is 4.47 Å². The maximum Gasteiger partial charge on any atom is 0.254 e. The Kier molecular flexibility index (Phi) is 7.82. The van der Waals surface area contributed by atoms with E-state index in [0.717, 1.165) is 4.47 Å². The number of rotatable bonds is 4. The van der Waals surface area contributed by atoms with Crippen molar-refractivity contribution in [3.05, 3.63) is 63.6 Å². The lowest BCUT2D eigenvalue weighted by molar-refractivity contribution is 0.0934. The molecule has 0 aliphatic heterocycles. The molecule has 0 saturated carbocycles. The van der Waals surface area contributed by atoms with Crippen LogP contribution in [0.5, 0.6) is 0 Å². The Bertz CT molecular complexity index is 816. The molecule has 26 heavy (non-hydrogen) atoms. The Balaban J connectivity index is 2.10. The maximum absolute atomic E-state index is 12.4. The lowest BCUT2D eigenvalue weighted by Gasteiger charge is -2.28. The number of para-hydroxylation sites is 1. The van der Waals surface area contributed by atoms with Crippen LogP contribution in [-0.2, 0) is 0 Å². The topological polar surface area (TPSA) is 53.2 Å². The van der Waals surface area contributed by atoms with Gasteiger partial charge in [0.15, 0.2) is 5.11 Å². The van der Waals surface area contributed by atoms with Crippen LogP contribution in [0.4, 0.5) is 5.69 Å². The zero-order valence-electron chi connectivity index (χ0n) is 12.9. The van der Waals surface area contributed by atoms with Crippen molar-refractivity contribution in [3.8, 4) is 0 Å². The number of anilines is 1. The van der Waals surface area contributed by atoms with Crippen molar-refractivity contribution in [2.24, 2.45) is 0 Å². The van der Waals surface area contributed by atoms with Gasteiger partial charge in [0.25, 0.3) is 5.91 Å². The molecule has 1 amide bonds. The number of hydrogen-bond acceptors (Lipinski definition) is 2. The summed E-state index contributed by atoms with van der Waals surface area (Å²) in [5, 5.41) is 8.75. The number of alkyl halides is 3. The molecule has 3 N–H and O–H groups in total. The first kappa shape index (κ1) is 21.5. The van der Waals surface area contributed by atoms with Gasteiger partial charge in [-0.05, 0) is 52.4 Å². The average Bonchev–Trinajstić information content (AvgIpc) is 2.56. The molecule has 0 aliphatic rings. The molecule has 0 radical (unpaired) electrons. The van der Waals surface area contributed by atoms with E-state index in [9.17, 15) is 4.79 Å². The molecular weight excluding hydrogens is 504 g/mol. The summed E-state index contributed by atoms with van der Waals surface area (Å²) in [7, 11) is 0. The Morgan fingerprint density at radius 1 is 1.04 bits per heavy atom. The second-order valence-corrected chi connectivity index (χ2v) is 9.04.